The predicted octanol–water partition coefficient (Wildman–Crippen LogP) is 0.0633. The Morgan fingerprint density at radius 2 is 1.89 bits per heavy atom. The molecule has 186 valence electrons. The third-order valence-corrected chi connectivity index (χ3v) is 6.94. The van der Waals surface area contributed by atoms with Crippen molar-refractivity contribution in [1.82, 2.24) is 30.5 Å². The van der Waals surface area contributed by atoms with Gasteiger partial charge in [0.25, 0.3) is 5.91 Å². The molecule has 4 atom stereocenters. The summed E-state index contributed by atoms with van der Waals surface area (Å²) in [7, 11) is 2.06. The average Bonchev–Trinajstić information content (AvgIpc) is 3.19. The van der Waals surface area contributed by atoms with Gasteiger partial charge in [0.15, 0.2) is 0 Å². The molecule has 0 aliphatic carbocycles. The molecule has 2 amide bonds. The van der Waals surface area contributed by atoms with Crippen molar-refractivity contribution in [3.63, 3.8) is 0 Å². The third-order valence-electron chi connectivity index (χ3n) is 6.94. The highest BCUT2D eigenvalue weighted by Crippen LogP contribution is 2.29. The summed E-state index contributed by atoms with van der Waals surface area (Å²) in [5.41, 5.74) is 12.0. The highest BCUT2D eigenvalue weighted by molar-refractivity contribution is 5.98. The Morgan fingerprint density at radius 1 is 1.14 bits per heavy atom. The second-order valence-electron chi connectivity index (χ2n) is 9.37. The lowest BCUT2D eigenvalue weighted by Crippen LogP contribution is -2.58. The predicted molar refractivity (Wildman–Crippen MR) is 130 cm³/mol. The number of likely N-dealkylation sites (N-methyl/N-ethyl adjacent to an activating group) is 1. The van der Waals surface area contributed by atoms with Gasteiger partial charge in [0.05, 0.1) is 30.1 Å². The fraction of sp³-hybridized carbons (Fsp3) is 0.458. The van der Waals surface area contributed by atoms with Gasteiger partial charge in [-0.05, 0) is 30.8 Å². The van der Waals surface area contributed by atoms with Gasteiger partial charge >= 0.3 is 0 Å². The van der Waals surface area contributed by atoms with Crippen LogP contribution in [0.2, 0.25) is 0 Å². The summed E-state index contributed by atoms with van der Waals surface area (Å²) in [6, 6.07) is 9.20. The van der Waals surface area contributed by atoms with Crippen molar-refractivity contribution < 1.29 is 14.0 Å². The van der Waals surface area contributed by atoms with Gasteiger partial charge in [0.2, 0.25) is 5.91 Å². The number of piperazine rings is 1. The number of benzene rings is 1. The quantitative estimate of drug-likeness (QED) is 0.483. The molecule has 35 heavy (non-hydrogen) atoms. The molecule has 3 aliphatic rings. The van der Waals surface area contributed by atoms with Crippen molar-refractivity contribution in [3.8, 4) is 11.1 Å². The first-order valence-corrected chi connectivity index (χ1v) is 11.9. The van der Waals surface area contributed by atoms with Crippen LogP contribution in [0.25, 0.3) is 11.1 Å². The number of amides is 2. The van der Waals surface area contributed by atoms with Gasteiger partial charge in [-0.2, -0.15) is 0 Å². The van der Waals surface area contributed by atoms with Crippen molar-refractivity contribution in [2.45, 2.75) is 18.5 Å². The summed E-state index contributed by atoms with van der Waals surface area (Å²) >= 11 is 0. The number of hydrogen-bond donors (Lipinski definition) is 4. The first-order valence-electron chi connectivity index (χ1n) is 11.9. The Labute approximate surface area is 203 Å². The van der Waals surface area contributed by atoms with Crippen molar-refractivity contribution in [2.24, 2.45) is 11.7 Å². The molecule has 4 unspecified atom stereocenters. The number of hydrazine groups is 1. The van der Waals surface area contributed by atoms with Gasteiger partial charge in [-0.3, -0.25) is 19.9 Å². The number of anilines is 1. The summed E-state index contributed by atoms with van der Waals surface area (Å²) in [5.74, 6) is -0.867. The molecule has 10 nitrogen and oxygen atoms in total. The highest BCUT2D eigenvalue weighted by Gasteiger charge is 2.47. The maximum atomic E-state index is 13.7. The summed E-state index contributed by atoms with van der Waals surface area (Å²) in [5, 5.41) is 7.68. The van der Waals surface area contributed by atoms with E-state index >= 15 is 0 Å². The van der Waals surface area contributed by atoms with E-state index in [1.165, 1.54) is 0 Å². The van der Waals surface area contributed by atoms with Crippen molar-refractivity contribution >= 4 is 17.5 Å². The Hall–Kier alpha value is -2.96. The van der Waals surface area contributed by atoms with Crippen LogP contribution >= 0.6 is 0 Å². The van der Waals surface area contributed by atoms with Crippen molar-refractivity contribution in [1.29, 1.82) is 0 Å². The van der Waals surface area contributed by atoms with E-state index in [0.717, 1.165) is 37.3 Å². The van der Waals surface area contributed by atoms with E-state index in [1.54, 1.807) is 17.4 Å². The molecule has 0 saturated carbocycles. The zero-order valence-electron chi connectivity index (χ0n) is 19.7. The van der Waals surface area contributed by atoms with Gasteiger partial charge in [0.1, 0.15) is 6.17 Å². The fourth-order valence-corrected chi connectivity index (χ4v) is 4.93. The van der Waals surface area contributed by atoms with E-state index < -0.39 is 24.4 Å². The van der Waals surface area contributed by atoms with Crippen molar-refractivity contribution in [2.75, 3.05) is 51.6 Å². The highest BCUT2D eigenvalue weighted by atomic mass is 19.1. The van der Waals surface area contributed by atoms with Gasteiger partial charge in [0, 0.05) is 56.6 Å². The molecule has 3 saturated heterocycles. The topological polar surface area (TPSA) is 119 Å². The van der Waals surface area contributed by atoms with E-state index in [9.17, 15) is 14.0 Å². The molecule has 0 radical (unpaired) electrons. The minimum atomic E-state index is -1.02. The fourth-order valence-electron chi connectivity index (χ4n) is 4.93. The molecule has 3 fully saturated rings. The second-order valence-corrected chi connectivity index (χ2v) is 9.37. The van der Waals surface area contributed by atoms with Crippen LogP contribution in [0.15, 0.2) is 42.7 Å². The van der Waals surface area contributed by atoms with Crippen LogP contribution < -0.4 is 21.8 Å². The van der Waals surface area contributed by atoms with E-state index in [-0.39, 0.29) is 24.9 Å². The molecule has 3 aliphatic heterocycles. The lowest BCUT2D eigenvalue weighted by atomic mass is 10.00. The Balaban J connectivity index is 1.30. The summed E-state index contributed by atoms with van der Waals surface area (Å²) in [6.07, 6.45) is 1.19. The number of halogens is 1. The Bertz CT molecular complexity index is 1080. The number of nitrogens with two attached hydrogens (primary N) is 1. The number of nitrogens with zero attached hydrogens (tertiary/aromatic N) is 4. The smallest absolute Gasteiger partial charge is 0.253 e. The van der Waals surface area contributed by atoms with E-state index in [4.69, 9.17) is 5.73 Å². The summed E-state index contributed by atoms with van der Waals surface area (Å²) in [4.78, 5) is 34.3. The van der Waals surface area contributed by atoms with Crippen molar-refractivity contribution in [3.05, 3.63) is 48.3 Å². The molecule has 0 bridgehead atoms. The molecule has 1 aromatic heterocycles. The minimum absolute atomic E-state index is 0.0238. The van der Waals surface area contributed by atoms with Crippen LogP contribution in [0.5, 0.6) is 0 Å². The zero-order chi connectivity index (χ0) is 24.5. The Kier molecular flexibility index (Phi) is 6.76. The van der Waals surface area contributed by atoms with Crippen LogP contribution in [-0.2, 0) is 4.79 Å². The number of fused-ring (bicyclic) bond motifs is 1. The number of alkyl halides is 1. The molecule has 4 heterocycles. The van der Waals surface area contributed by atoms with Gasteiger partial charge in [-0.1, -0.05) is 12.1 Å². The van der Waals surface area contributed by atoms with Gasteiger partial charge < -0.3 is 20.9 Å². The number of rotatable bonds is 4. The number of carbonyl (C=O) groups excluding carboxylic acids is 2. The number of carbonyl (C=O) groups is 2. The molecule has 2 aromatic rings. The van der Waals surface area contributed by atoms with Crippen LogP contribution in [0.3, 0.4) is 0 Å². The molecule has 1 aromatic carbocycles. The molecule has 11 heteroatoms. The summed E-state index contributed by atoms with van der Waals surface area (Å²) < 4.78 is 13.7. The maximum absolute atomic E-state index is 13.7. The van der Waals surface area contributed by atoms with E-state index in [2.05, 4.69) is 33.0 Å². The normalized spacial score (nSPS) is 27.5. The number of pyridine rings is 1. The number of nitrogens with one attached hydrogen (secondary N) is 3. The van der Waals surface area contributed by atoms with E-state index in [1.807, 2.05) is 35.2 Å². The largest absolute Gasteiger partial charge is 0.336 e. The minimum Gasteiger partial charge on any atom is -0.336 e. The molecule has 5 rings (SSSR count). The van der Waals surface area contributed by atoms with Crippen LogP contribution in [0.1, 0.15) is 10.4 Å². The van der Waals surface area contributed by atoms with Gasteiger partial charge in [-0.25, -0.2) is 14.8 Å². The monoisotopic (exact) mass is 482 g/mol. The van der Waals surface area contributed by atoms with E-state index in [0.29, 0.717) is 11.3 Å². The lowest BCUT2D eigenvalue weighted by molar-refractivity contribution is -0.121. The first kappa shape index (κ1) is 23.8. The second kappa shape index (κ2) is 9.96. The van der Waals surface area contributed by atoms with Crippen LogP contribution in [0.4, 0.5) is 10.1 Å². The third kappa shape index (κ3) is 4.91. The first-order chi connectivity index (χ1) is 16.9. The number of hydrogen-bond acceptors (Lipinski definition) is 8. The zero-order valence-corrected chi connectivity index (χ0v) is 19.7. The van der Waals surface area contributed by atoms with Crippen LogP contribution in [0, 0.1) is 5.92 Å². The molecule has 0 spiro atoms. The standard InChI is InChI=1S/C24H31FN8O2/c1-31-8-10-32(11-9-31)24(35)16-4-2-15(3-5-16)18-6-7-27-13-19(18)29-23(34)20-21(26)30-33-14-17(25)12-28-22(20)33/h2-7,13,17,20-22,28,30H,8-12,14,26H2,1H3,(H,29,34). The molecular formula is C24H31FN8O2. The number of aromatic nitrogens is 1. The SMILES string of the molecule is CN1CCN(C(=O)c2ccc(-c3ccncc3NC(=O)C3C(N)NN4CC(F)CNC34)cc2)CC1. The molecular weight excluding hydrogens is 451 g/mol. The van der Waals surface area contributed by atoms with Gasteiger partial charge in [-0.15, -0.1) is 0 Å². The Morgan fingerprint density at radius 3 is 2.63 bits per heavy atom. The average molecular weight is 483 g/mol. The maximum Gasteiger partial charge on any atom is 0.253 e. The summed E-state index contributed by atoms with van der Waals surface area (Å²) in [6.45, 7) is 3.52. The lowest BCUT2D eigenvalue weighted by Gasteiger charge is -2.33. The van der Waals surface area contributed by atoms with Crippen LogP contribution in [-0.4, -0.2) is 96.4 Å². The molecule has 5 N–H and O–H groups in total.